The molecule has 0 aromatic heterocycles. The molecule has 1 heterocycles. The van der Waals surface area contributed by atoms with Crippen LogP contribution in [0.5, 0.6) is 0 Å². The number of methoxy groups -OCH3 is 1. The SMILES string of the molecule is COC(=O)c1cccc(S(=O)(=O)NCC2CCNCC2)c1. The third-order valence-electron chi connectivity index (χ3n) is 3.59. The first-order valence-corrected chi connectivity index (χ1v) is 8.40. The highest BCUT2D eigenvalue weighted by molar-refractivity contribution is 7.89. The van der Waals surface area contributed by atoms with E-state index in [4.69, 9.17) is 0 Å². The Morgan fingerprint density at radius 2 is 2.10 bits per heavy atom. The topological polar surface area (TPSA) is 84.5 Å². The van der Waals surface area contributed by atoms with Gasteiger partial charge in [-0.05, 0) is 50.0 Å². The van der Waals surface area contributed by atoms with Crippen LogP contribution < -0.4 is 10.0 Å². The summed E-state index contributed by atoms with van der Waals surface area (Å²) >= 11 is 0. The Morgan fingerprint density at radius 3 is 2.76 bits per heavy atom. The molecule has 116 valence electrons. The number of carbonyl (C=O) groups excluding carboxylic acids is 1. The second-order valence-electron chi connectivity index (χ2n) is 5.06. The molecule has 1 aromatic carbocycles. The van der Waals surface area contributed by atoms with Crippen LogP contribution in [0.4, 0.5) is 0 Å². The Hall–Kier alpha value is -1.44. The van der Waals surface area contributed by atoms with Gasteiger partial charge in [-0.1, -0.05) is 6.07 Å². The zero-order valence-corrected chi connectivity index (χ0v) is 12.8. The average Bonchev–Trinajstić information content (AvgIpc) is 2.53. The third kappa shape index (κ3) is 4.26. The van der Waals surface area contributed by atoms with Crippen LogP contribution in [0.3, 0.4) is 0 Å². The van der Waals surface area contributed by atoms with Crippen molar-refractivity contribution in [3.8, 4) is 0 Å². The van der Waals surface area contributed by atoms with Crippen molar-refractivity contribution < 1.29 is 17.9 Å². The number of sulfonamides is 1. The summed E-state index contributed by atoms with van der Waals surface area (Å²) in [6.45, 7) is 2.26. The number of hydrogen-bond donors (Lipinski definition) is 2. The molecule has 0 bridgehead atoms. The summed E-state index contributed by atoms with van der Waals surface area (Å²) in [7, 11) is -2.34. The van der Waals surface area contributed by atoms with Crippen molar-refractivity contribution >= 4 is 16.0 Å². The maximum atomic E-state index is 12.3. The predicted octanol–water partition coefficient (Wildman–Crippen LogP) is 0.751. The lowest BCUT2D eigenvalue weighted by Gasteiger charge is -2.22. The quantitative estimate of drug-likeness (QED) is 0.784. The van der Waals surface area contributed by atoms with Crippen LogP contribution in [0.25, 0.3) is 0 Å². The minimum atomic E-state index is -3.60. The van der Waals surface area contributed by atoms with Gasteiger partial charge in [0.05, 0.1) is 17.6 Å². The predicted molar refractivity (Wildman–Crippen MR) is 78.6 cm³/mol. The van der Waals surface area contributed by atoms with Crippen LogP contribution in [0.15, 0.2) is 29.2 Å². The van der Waals surface area contributed by atoms with Crippen molar-refractivity contribution in [2.24, 2.45) is 5.92 Å². The largest absolute Gasteiger partial charge is 0.465 e. The van der Waals surface area contributed by atoms with E-state index in [1.165, 1.54) is 31.4 Å². The lowest BCUT2D eigenvalue weighted by molar-refractivity contribution is 0.0600. The number of nitrogens with one attached hydrogen (secondary N) is 2. The molecule has 0 aliphatic carbocycles. The fourth-order valence-electron chi connectivity index (χ4n) is 2.30. The molecule has 0 unspecified atom stereocenters. The van der Waals surface area contributed by atoms with Crippen molar-refractivity contribution in [2.45, 2.75) is 17.7 Å². The van der Waals surface area contributed by atoms with Crippen molar-refractivity contribution in [1.82, 2.24) is 10.0 Å². The zero-order chi connectivity index (χ0) is 15.3. The smallest absolute Gasteiger partial charge is 0.337 e. The Morgan fingerprint density at radius 1 is 1.38 bits per heavy atom. The van der Waals surface area contributed by atoms with E-state index in [1.807, 2.05) is 0 Å². The van der Waals surface area contributed by atoms with Gasteiger partial charge >= 0.3 is 5.97 Å². The van der Waals surface area contributed by atoms with E-state index < -0.39 is 16.0 Å². The first kappa shape index (κ1) is 15.9. The third-order valence-corrected chi connectivity index (χ3v) is 5.01. The van der Waals surface area contributed by atoms with E-state index in [2.05, 4.69) is 14.8 Å². The summed E-state index contributed by atoms with van der Waals surface area (Å²) in [5.74, 6) is -0.199. The maximum Gasteiger partial charge on any atom is 0.337 e. The van der Waals surface area contributed by atoms with Crippen LogP contribution in [0, 0.1) is 5.92 Å². The Balaban J connectivity index is 2.06. The highest BCUT2D eigenvalue weighted by Gasteiger charge is 2.19. The van der Waals surface area contributed by atoms with Crippen LogP contribution in [-0.4, -0.2) is 41.1 Å². The Kier molecular flexibility index (Phi) is 5.33. The van der Waals surface area contributed by atoms with Crippen LogP contribution in [0.1, 0.15) is 23.2 Å². The molecule has 7 heteroatoms. The summed E-state index contributed by atoms with van der Waals surface area (Å²) in [4.78, 5) is 11.5. The zero-order valence-electron chi connectivity index (χ0n) is 12.0. The highest BCUT2D eigenvalue weighted by Crippen LogP contribution is 2.15. The molecule has 0 saturated carbocycles. The molecule has 2 N–H and O–H groups in total. The standard InChI is InChI=1S/C14H20N2O4S/c1-20-14(17)12-3-2-4-13(9-12)21(18,19)16-10-11-5-7-15-8-6-11/h2-4,9,11,15-16H,5-8,10H2,1H3. The molecule has 2 rings (SSSR count). The molecule has 1 aromatic rings. The number of rotatable bonds is 5. The van der Waals surface area contributed by atoms with E-state index in [0.29, 0.717) is 12.5 Å². The van der Waals surface area contributed by atoms with Gasteiger partial charge in [0.1, 0.15) is 0 Å². The molecule has 1 aliphatic rings. The number of piperidine rings is 1. The molecule has 6 nitrogen and oxygen atoms in total. The molecule has 0 atom stereocenters. The molecular formula is C14H20N2O4S. The molecule has 21 heavy (non-hydrogen) atoms. The van der Waals surface area contributed by atoms with Crippen molar-refractivity contribution in [3.05, 3.63) is 29.8 Å². The number of esters is 1. The second kappa shape index (κ2) is 7.02. The molecular weight excluding hydrogens is 292 g/mol. The molecule has 1 saturated heterocycles. The van der Waals surface area contributed by atoms with Crippen LogP contribution in [-0.2, 0) is 14.8 Å². The van der Waals surface area contributed by atoms with Gasteiger partial charge < -0.3 is 10.1 Å². The van der Waals surface area contributed by atoms with Gasteiger partial charge in [-0.2, -0.15) is 0 Å². The van der Waals surface area contributed by atoms with Gasteiger partial charge in [0, 0.05) is 6.54 Å². The summed E-state index contributed by atoms with van der Waals surface area (Å²) < 4.78 is 31.7. The van der Waals surface area contributed by atoms with E-state index in [1.54, 1.807) is 0 Å². The average molecular weight is 312 g/mol. The molecule has 0 spiro atoms. The minimum absolute atomic E-state index is 0.0827. The summed E-state index contributed by atoms with van der Waals surface area (Å²) in [5.41, 5.74) is 0.224. The summed E-state index contributed by atoms with van der Waals surface area (Å²) in [6, 6.07) is 5.86. The number of hydrogen-bond acceptors (Lipinski definition) is 5. The number of benzene rings is 1. The fourth-order valence-corrected chi connectivity index (χ4v) is 3.47. The van der Waals surface area contributed by atoms with E-state index in [0.717, 1.165) is 25.9 Å². The molecule has 0 amide bonds. The maximum absolute atomic E-state index is 12.3. The van der Waals surface area contributed by atoms with E-state index in [-0.39, 0.29) is 10.5 Å². The van der Waals surface area contributed by atoms with Gasteiger partial charge in [0.2, 0.25) is 10.0 Å². The Bertz CT molecular complexity index is 595. The number of carbonyl (C=O) groups is 1. The van der Waals surface area contributed by atoms with E-state index in [9.17, 15) is 13.2 Å². The van der Waals surface area contributed by atoms with Crippen molar-refractivity contribution in [2.75, 3.05) is 26.7 Å². The van der Waals surface area contributed by atoms with Crippen molar-refractivity contribution in [3.63, 3.8) is 0 Å². The minimum Gasteiger partial charge on any atom is -0.465 e. The fraction of sp³-hybridized carbons (Fsp3) is 0.500. The van der Waals surface area contributed by atoms with Gasteiger partial charge in [-0.15, -0.1) is 0 Å². The normalized spacial score (nSPS) is 16.6. The van der Waals surface area contributed by atoms with Gasteiger partial charge in [-0.25, -0.2) is 17.9 Å². The molecule has 0 radical (unpaired) electrons. The van der Waals surface area contributed by atoms with Crippen LogP contribution in [0.2, 0.25) is 0 Å². The van der Waals surface area contributed by atoms with E-state index >= 15 is 0 Å². The van der Waals surface area contributed by atoms with Gasteiger partial charge in [0.25, 0.3) is 0 Å². The summed E-state index contributed by atoms with van der Waals surface area (Å²) in [6.07, 6.45) is 1.93. The van der Waals surface area contributed by atoms with Gasteiger partial charge in [-0.3, -0.25) is 0 Å². The second-order valence-corrected chi connectivity index (χ2v) is 6.83. The Labute approximate surface area is 124 Å². The first-order chi connectivity index (χ1) is 10.0. The number of ether oxygens (including phenoxy) is 1. The van der Waals surface area contributed by atoms with Gasteiger partial charge in [0.15, 0.2) is 0 Å². The molecule has 1 aliphatic heterocycles. The molecule has 1 fully saturated rings. The lowest BCUT2D eigenvalue weighted by atomic mass is 9.99. The lowest BCUT2D eigenvalue weighted by Crippen LogP contribution is -2.36. The monoisotopic (exact) mass is 312 g/mol. The van der Waals surface area contributed by atoms with Crippen LogP contribution >= 0.6 is 0 Å². The first-order valence-electron chi connectivity index (χ1n) is 6.91. The highest BCUT2D eigenvalue weighted by atomic mass is 32.2. The van der Waals surface area contributed by atoms with Crippen molar-refractivity contribution in [1.29, 1.82) is 0 Å². The summed E-state index contributed by atoms with van der Waals surface area (Å²) in [5, 5.41) is 3.24.